The van der Waals surface area contributed by atoms with Gasteiger partial charge in [0.15, 0.2) is 0 Å². The van der Waals surface area contributed by atoms with Crippen LogP contribution >= 0.6 is 24.0 Å². The van der Waals surface area contributed by atoms with Crippen LogP contribution in [0.25, 0.3) is 11.7 Å². The third-order valence-corrected chi connectivity index (χ3v) is 6.86. The molecular weight excluding hydrogens is 428 g/mol. The lowest BCUT2D eigenvalue weighted by atomic mass is 10.2. The Balaban J connectivity index is 1.57. The van der Waals surface area contributed by atoms with Crippen LogP contribution in [0, 0.1) is 0 Å². The van der Waals surface area contributed by atoms with Crippen molar-refractivity contribution in [1.29, 1.82) is 0 Å². The van der Waals surface area contributed by atoms with Crippen molar-refractivity contribution in [2.24, 2.45) is 0 Å². The molecule has 0 atom stereocenters. The van der Waals surface area contributed by atoms with E-state index in [9.17, 15) is 9.59 Å². The normalized spacial score (nSPS) is 18.0. The van der Waals surface area contributed by atoms with E-state index in [0.29, 0.717) is 32.8 Å². The molecule has 8 heteroatoms. The molecule has 0 aliphatic carbocycles. The van der Waals surface area contributed by atoms with Crippen LogP contribution in [0.1, 0.15) is 24.0 Å². The first-order valence-electron chi connectivity index (χ1n) is 10.2. The van der Waals surface area contributed by atoms with Gasteiger partial charge in [0.25, 0.3) is 11.5 Å². The predicted molar refractivity (Wildman–Crippen MR) is 128 cm³/mol. The predicted octanol–water partition coefficient (Wildman–Crippen LogP) is 3.70. The van der Waals surface area contributed by atoms with Crippen molar-refractivity contribution in [1.82, 2.24) is 14.3 Å². The summed E-state index contributed by atoms with van der Waals surface area (Å²) < 4.78 is 2.02. The molecule has 2 fully saturated rings. The van der Waals surface area contributed by atoms with Gasteiger partial charge in [0.05, 0.1) is 17.0 Å². The number of pyridine rings is 1. The van der Waals surface area contributed by atoms with Crippen LogP contribution < -0.4 is 10.5 Å². The number of amides is 1. The molecule has 0 N–H and O–H groups in total. The fourth-order valence-corrected chi connectivity index (χ4v) is 5.16. The molecule has 4 heterocycles. The van der Waals surface area contributed by atoms with Gasteiger partial charge in [0, 0.05) is 19.3 Å². The number of benzene rings is 1. The third-order valence-electron chi connectivity index (χ3n) is 5.49. The second-order valence-electron chi connectivity index (χ2n) is 7.53. The number of thiocarbonyl (C=S) groups is 1. The van der Waals surface area contributed by atoms with Crippen LogP contribution in [0.2, 0.25) is 0 Å². The Hall–Kier alpha value is -2.97. The van der Waals surface area contributed by atoms with Gasteiger partial charge in [0.2, 0.25) is 0 Å². The Morgan fingerprint density at radius 3 is 2.55 bits per heavy atom. The topological polar surface area (TPSA) is 57.9 Å². The smallest absolute Gasteiger partial charge is 0.267 e. The van der Waals surface area contributed by atoms with Gasteiger partial charge >= 0.3 is 0 Å². The zero-order chi connectivity index (χ0) is 21.4. The number of hydrogen-bond acceptors (Lipinski definition) is 6. The third kappa shape index (κ3) is 3.77. The number of hydrogen-bond donors (Lipinski definition) is 0. The minimum absolute atomic E-state index is 0.177. The largest absolute Gasteiger partial charge is 0.356 e. The van der Waals surface area contributed by atoms with E-state index in [1.807, 2.05) is 42.5 Å². The molecule has 2 aromatic heterocycles. The summed E-state index contributed by atoms with van der Waals surface area (Å²) in [6, 6.07) is 15.2. The van der Waals surface area contributed by atoms with Crippen molar-refractivity contribution < 1.29 is 4.79 Å². The van der Waals surface area contributed by atoms with Gasteiger partial charge in [-0.05, 0) is 36.6 Å². The second-order valence-corrected chi connectivity index (χ2v) is 9.21. The summed E-state index contributed by atoms with van der Waals surface area (Å²) in [7, 11) is 0. The summed E-state index contributed by atoms with van der Waals surface area (Å²) in [6.45, 7) is 2.12. The average molecular weight is 449 g/mol. The summed E-state index contributed by atoms with van der Waals surface area (Å²) in [5, 5.41) is 0. The lowest BCUT2D eigenvalue weighted by molar-refractivity contribution is -0.122. The Bertz CT molecular complexity index is 1260. The molecule has 3 aromatic rings. The molecule has 0 radical (unpaired) electrons. The van der Waals surface area contributed by atoms with Crippen LogP contribution in [-0.4, -0.2) is 37.6 Å². The fourth-order valence-electron chi connectivity index (χ4n) is 3.92. The Morgan fingerprint density at radius 2 is 1.77 bits per heavy atom. The Kier molecular flexibility index (Phi) is 5.33. The van der Waals surface area contributed by atoms with E-state index in [1.54, 1.807) is 23.2 Å². The fraction of sp³-hybridized carbons (Fsp3) is 0.217. The zero-order valence-corrected chi connectivity index (χ0v) is 18.4. The molecule has 2 saturated heterocycles. The van der Waals surface area contributed by atoms with E-state index in [4.69, 9.17) is 17.2 Å². The molecule has 6 nitrogen and oxygen atoms in total. The van der Waals surface area contributed by atoms with Gasteiger partial charge in [-0.2, -0.15) is 0 Å². The van der Waals surface area contributed by atoms with E-state index >= 15 is 0 Å². The van der Waals surface area contributed by atoms with Crippen LogP contribution in [0.3, 0.4) is 0 Å². The van der Waals surface area contributed by atoms with Gasteiger partial charge in [0.1, 0.15) is 15.8 Å². The average Bonchev–Trinajstić information content (AvgIpc) is 3.41. The number of carbonyl (C=O) groups excluding carboxylic acids is 1. The number of fused-ring (bicyclic) bond motifs is 1. The molecule has 1 amide bonds. The van der Waals surface area contributed by atoms with Crippen molar-refractivity contribution >= 4 is 51.7 Å². The molecule has 2 aliphatic rings. The second kappa shape index (κ2) is 8.28. The van der Waals surface area contributed by atoms with E-state index in [2.05, 4.69) is 4.90 Å². The highest BCUT2D eigenvalue weighted by Gasteiger charge is 2.33. The number of carbonyl (C=O) groups is 1. The minimum atomic E-state index is -0.180. The summed E-state index contributed by atoms with van der Waals surface area (Å²) in [5.74, 6) is 0.464. The Morgan fingerprint density at radius 1 is 1.03 bits per heavy atom. The van der Waals surface area contributed by atoms with Crippen molar-refractivity contribution in [3.05, 3.63) is 81.1 Å². The van der Waals surface area contributed by atoms with Crippen molar-refractivity contribution in [3.8, 4) is 0 Å². The van der Waals surface area contributed by atoms with Crippen LogP contribution in [0.5, 0.6) is 0 Å². The molecule has 31 heavy (non-hydrogen) atoms. The summed E-state index contributed by atoms with van der Waals surface area (Å²) in [6.07, 6.45) is 5.51. The molecule has 0 unspecified atom stereocenters. The highest BCUT2D eigenvalue weighted by Crippen LogP contribution is 2.34. The first-order chi connectivity index (χ1) is 15.1. The zero-order valence-electron chi connectivity index (χ0n) is 16.7. The number of aromatic nitrogens is 2. The van der Waals surface area contributed by atoms with Gasteiger partial charge in [-0.1, -0.05) is 60.4 Å². The molecular formula is C23H20N4O2S2. The highest BCUT2D eigenvalue weighted by atomic mass is 32.2. The number of anilines is 1. The van der Waals surface area contributed by atoms with Crippen LogP contribution in [0.15, 0.2) is 64.4 Å². The first kappa shape index (κ1) is 20.0. The maximum absolute atomic E-state index is 13.3. The quantitative estimate of drug-likeness (QED) is 0.448. The molecule has 0 bridgehead atoms. The standard InChI is InChI=1S/C23H20N4O2S2/c28-21-17(20(25-11-6-7-12-25)24-19-10-4-5-13-26(19)21)14-18-22(29)27(23(30)31-18)15-16-8-2-1-3-9-16/h1-5,8-10,13-14H,6-7,11-12,15H2/b18-14-. The monoisotopic (exact) mass is 448 g/mol. The van der Waals surface area contributed by atoms with E-state index in [0.717, 1.165) is 31.5 Å². The first-order valence-corrected chi connectivity index (χ1v) is 11.4. The molecule has 156 valence electrons. The van der Waals surface area contributed by atoms with Gasteiger partial charge < -0.3 is 4.90 Å². The maximum atomic E-state index is 13.3. The van der Waals surface area contributed by atoms with Gasteiger partial charge in [-0.15, -0.1) is 0 Å². The van der Waals surface area contributed by atoms with Crippen LogP contribution in [0.4, 0.5) is 5.82 Å². The van der Waals surface area contributed by atoms with Gasteiger partial charge in [-0.3, -0.25) is 18.9 Å². The molecule has 0 spiro atoms. The number of rotatable bonds is 4. The lowest BCUT2D eigenvalue weighted by Crippen LogP contribution is -2.28. The van der Waals surface area contributed by atoms with Crippen molar-refractivity contribution in [2.75, 3.05) is 18.0 Å². The van der Waals surface area contributed by atoms with E-state index < -0.39 is 0 Å². The van der Waals surface area contributed by atoms with E-state index in [-0.39, 0.29) is 11.5 Å². The van der Waals surface area contributed by atoms with Gasteiger partial charge in [-0.25, -0.2) is 4.98 Å². The highest BCUT2D eigenvalue weighted by molar-refractivity contribution is 8.26. The summed E-state index contributed by atoms with van der Waals surface area (Å²) in [4.78, 5) is 35.4. The molecule has 5 rings (SSSR count). The lowest BCUT2D eigenvalue weighted by Gasteiger charge is -2.19. The SMILES string of the molecule is O=C1/C(=C/c2c(N3CCCC3)nc3ccccn3c2=O)SC(=S)N1Cc1ccccc1. The summed E-state index contributed by atoms with van der Waals surface area (Å²) in [5.41, 5.74) is 1.86. The number of nitrogens with zero attached hydrogens (tertiary/aromatic N) is 4. The summed E-state index contributed by atoms with van der Waals surface area (Å²) >= 11 is 6.71. The number of thioether (sulfide) groups is 1. The molecule has 1 aromatic carbocycles. The maximum Gasteiger partial charge on any atom is 0.267 e. The minimum Gasteiger partial charge on any atom is -0.356 e. The molecule has 0 saturated carbocycles. The van der Waals surface area contributed by atoms with Crippen molar-refractivity contribution in [3.63, 3.8) is 0 Å². The van der Waals surface area contributed by atoms with E-state index in [1.165, 1.54) is 16.2 Å². The molecule has 2 aliphatic heterocycles. The van der Waals surface area contributed by atoms with Crippen molar-refractivity contribution in [2.45, 2.75) is 19.4 Å². The van der Waals surface area contributed by atoms with Crippen LogP contribution in [-0.2, 0) is 11.3 Å². The Labute approximate surface area is 189 Å².